The molecule has 1 unspecified atom stereocenters. The molecule has 0 saturated carbocycles. The summed E-state index contributed by atoms with van der Waals surface area (Å²) in [4.78, 5) is 14.3. The lowest BCUT2D eigenvalue weighted by Crippen LogP contribution is -2.42. The predicted molar refractivity (Wildman–Crippen MR) is 91.1 cm³/mol. The lowest BCUT2D eigenvalue weighted by atomic mass is 9.85. The minimum absolute atomic E-state index is 0.484. The average Bonchev–Trinajstić information content (AvgIpc) is 2.62. The van der Waals surface area contributed by atoms with E-state index in [1.165, 1.54) is 19.3 Å². The van der Waals surface area contributed by atoms with E-state index in [-0.39, 0.29) is 0 Å². The van der Waals surface area contributed by atoms with Crippen LogP contribution >= 0.6 is 0 Å². The number of amides is 1. The zero-order chi connectivity index (χ0) is 16.3. The van der Waals surface area contributed by atoms with Crippen LogP contribution in [0, 0.1) is 0 Å². The number of nitrogens with two attached hydrogens (primary N) is 1. The number of primary amides is 1. The molecule has 0 bridgehead atoms. The predicted octanol–water partition coefficient (Wildman–Crippen LogP) is 2.40. The monoisotopic (exact) mass is 310 g/mol. The lowest BCUT2D eigenvalue weighted by Gasteiger charge is -2.30. The number of carbonyl (C=O) groups excluding carboxylic acids is 1. The highest BCUT2D eigenvalue weighted by Gasteiger charge is 2.38. The van der Waals surface area contributed by atoms with Crippen LogP contribution in [0.25, 0.3) is 0 Å². The Morgan fingerprint density at radius 2 is 1.48 bits per heavy atom. The number of benzene rings is 2. The first-order valence-corrected chi connectivity index (χ1v) is 8.05. The van der Waals surface area contributed by atoms with Gasteiger partial charge in [-0.2, -0.15) is 0 Å². The molecule has 1 aliphatic heterocycles. The van der Waals surface area contributed by atoms with E-state index in [0.717, 1.165) is 18.8 Å². The maximum Gasteiger partial charge on any atom is 0.258 e. The van der Waals surface area contributed by atoms with Crippen LogP contribution < -0.4 is 10.6 Å². The van der Waals surface area contributed by atoms with E-state index in [4.69, 9.17) is 5.73 Å². The first kappa shape index (κ1) is 15.6. The second-order valence-corrected chi connectivity index (χ2v) is 6.04. The highest BCUT2D eigenvalue weighted by atomic mass is 16.3. The summed E-state index contributed by atoms with van der Waals surface area (Å²) < 4.78 is 0. The number of nitrogens with zero attached hydrogens (tertiary/aromatic N) is 1. The van der Waals surface area contributed by atoms with E-state index >= 15 is 0 Å². The first-order chi connectivity index (χ1) is 11.1. The van der Waals surface area contributed by atoms with Gasteiger partial charge in [-0.25, -0.2) is 0 Å². The number of rotatable bonds is 4. The van der Waals surface area contributed by atoms with Crippen molar-refractivity contribution in [2.45, 2.75) is 24.9 Å². The van der Waals surface area contributed by atoms with Crippen molar-refractivity contribution in [2.75, 3.05) is 18.0 Å². The molecule has 120 valence electrons. The zero-order valence-electron chi connectivity index (χ0n) is 13.1. The number of piperidine rings is 1. The van der Waals surface area contributed by atoms with Crippen LogP contribution in [0.5, 0.6) is 0 Å². The summed E-state index contributed by atoms with van der Waals surface area (Å²) in [5.74, 6) is -0.769. The quantitative estimate of drug-likeness (QED) is 0.911. The summed E-state index contributed by atoms with van der Waals surface area (Å²) in [6.45, 7) is 2.11. The van der Waals surface area contributed by atoms with Crippen molar-refractivity contribution in [1.29, 1.82) is 0 Å². The van der Waals surface area contributed by atoms with Crippen molar-refractivity contribution in [2.24, 2.45) is 5.73 Å². The van der Waals surface area contributed by atoms with Gasteiger partial charge in [-0.05, 0) is 42.5 Å². The van der Waals surface area contributed by atoms with Gasteiger partial charge >= 0.3 is 0 Å². The summed E-state index contributed by atoms with van der Waals surface area (Å²) in [5, 5.41) is 10.9. The second kappa shape index (κ2) is 6.42. The molecule has 2 aromatic rings. The number of carbonyl (C=O) groups is 1. The third kappa shape index (κ3) is 2.94. The molecule has 1 saturated heterocycles. The summed E-state index contributed by atoms with van der Waals surface area (Å²) in [6, 6.07) is 16.3. The Kier molecular flexibility index (Phi) is 4.35. The van der Waals surface area contributed by atoms with E-state index in [2.05, 4.69) is 4.90 Å². The minimum Gasteiger partial charge on any atom is -0.372 e. The number of aliphatic hydroxyl groups is 1. The van der Waals surface area contributed by atoms with Gasteiger partial charge in [0.25, 0.3) is 5.91 Å². The molecule has 3 N–H and O–H groups in total. The molecule has 2 aromatic carbocycles. The molecule has 1 amide bonds. The normalized spacial score (nSPS) is 17.5. The van der Waals surface area contributed by atoms with Gasteiger partial charge in [0.1, 0.15) is 0 Å². The third-order valence-electron chi connectivity index (χ3n) is 4.55. The Balaban J connectivity index is 1.93. The molecule has 23 heavy (non-hydrogen) atoms. The van der Waals surface area contributed by atoms with Crippen molar-refractivity contribution < 1.29 is 9.90 Å². The molecular formula is C19H22N2O2. The van der Waals surface area contributed by atoms with Gasteiger partial charge in [0.15, 0.2) is 5.60 Å². The molecule has 0 spiro atoms. The fourth-order valence-corrected chi connectivity index (χ4v) is 3.20. The van der Waals surface area contributed by atoms with E-state index in [9.17, 15) is 9.90 Å². The van der Waals surface area contributed by atoms with Crippen LogP contribution in [0.2, 0.25) is 0 Å². The lowest BCUT2D eigenvalue weighted by molar-refractivity contribution is -0.133. The summed E-state index contributed by atoms with van der Waals surface area (Å²) in [7, 11) is 0. The summed E-state index contributed by atoms with van der Waals surface area (Å²) >= 11 is 0. The van der Waals surface area contributed by atoms with Gasteiger partial charge in [-0.3, -0.25) is 4.79 Å². The van der Waals surface area contributed by atoms with Crippen LogP contribution in [0.4, 0.5) is 5.69 Å². The second-order valence-electron chi connectivity index (χ2n) is 6.04. The first-order valence-electron chi connectivity index (χ1n) is 8.05. The zero-order valence-corrected chi connectivity index (χ0v) is 13.1. The third-order valence-corrected chi connectivity index (χ3v) is 4.55. The van der Waals surface area contributed by atoms with Crippen molar-refractivity contribution in [3.63, 3.8) is 0 Å². The Morgan fingerprint density at radius 1 is 0.913 bits per heavy atom. The maximum absolute atomic E-state index is 12.0. The average molecular weight is 310 g/mol. The van der Waals surface area contributed by atoms with Crippen molar-refractivity contribution in [3.05, 3.63) is 65.7 Å². The fourth-order valence-electron chi connectivity index (χ4n) is 3.20. The maximum atomic E-state index is 12.0. The van der Waals surface area contributed by atoms with Crippen molar-refractivity contribution in [3.8, 4) is 0 Å². The molecule has 4 heteroatoms. The van der Waals surface area contributed by atoms with E-state index in [1.54, 1.807) is 36.4 Å². The number of hydrogen-bond acceptors (Lipinski definition) is 3. The minimum atomic E-state index is -1.80. The Labute approximate surface area is 136 Å². The van der Waals surface area contributed by atoms with Crippen LogP contribution in [0.15, 0.2) is 54.6 Å². The summed E-state index contributed by atoms with van der Waals surface area (Å²) in [5.41, 5.74) is 5.81. The highest BCUT2D eigenvalue weighted by Crippen LogP contribution is 2.31. The van der Waals surface area contributed by atoms with E-state index in [1.807, 2.05) is 18.2 Å². The van der Waals surface area contributed by atoms with Crippen LogP contribution in [0.3, 0.4) is 0 Å². The topological polar surface area (TPSA) is 66.6 Å². The Bertz CT molecular complexity index is 664. The molecule has 0 aliphatic carbocycles. The molecule has 0 radical (unpaired) electrons. The van der Waals surface area contributed by atoms with Crippen LogP contribution in [-0.4, -0.2) is 24.1 Å². The largest absolute Gasteiger partial charge is 0.372 e. The van der Waals surface area contributed by atoms with Gasteiger partial charge < -0.3 is 15.7 Å². The van der Waals surface area contributed by atoms with Crippen molar-refractivity contribution in [1.82, 2.24) is 0 Å². The molecule has 4 nitrogen and oxygen atoms in total. The highest BCUT2D eigenvalue weighted by molar-refractivity contribution is 5.88. The van der Waals surface area contributed by atoms with Crippen LogP contribution in [0.1, 0.15) is 30.4 Å². The van der Waals surface area contributed by atoms with Crippen molar-refractivity contribution >= 4 is 11.6 Å². The SMILES string of the molecule is NC(=O)C(O)(c1ccccc1)c1ccc(N2CCCCC2)cc1. The molecule has 1 heterocycles. The van der Waals surface area contributed by atoms with E-state index in [0.29, 0.717) is 11.1 Å². The fraction of sp³-hybridized carbons (Fsp3) is 0.316. The van der Waals surface area contributed by atoms with Gasteiger partial charge in [0.05, 0.1) is 0 Å². The number of anilines is 1. The van der Waals surface area contributed by atoms with Gasteiger partial charge in [0, 0.05) is 18.8 Å². The standard InChI is InChI=1S/C19H22N2O2/c20-18(22)19(23,15-7-3-1-4-8-15)16-9-11-17(12-10-16)21-13-5-2-6-14-21/h1,3-4,7-12,23H,2,5-6,13-14H2,(H2,20,22). The van der Waals surface area contributed by atoms with Gasteiger partial charge in [0.2, 0.25) is 0 Å². The molecular weight excluding hydrogens is 288 g/mol. The molecule has 1 aliphatic rings. The van der Waals surface area contributed by atoms with Gasteiger partial charge in [-0.1, -0.05) is 42.5 Å². The smallest absolute Gasteiger partial charge is 0.258 e. The Morgan fingerprint density at radius 3 is 2.04 bits per heavy atom. The van der Waals surface area contributed by atoms with Crippen LogP contribution in [-0.2, 0) is 10.4 Å². The molecule has 1 fully saturated rings. The number of hydrogen-bond donors (Lipinski definition) is 2. The van der Waals surface area contributed by atoms with E-state index < -0.39 is 11.5 Å². The molecule has 3 rings (SSSR count). The summed E-state index contributed by atoms with van der Waals surface area (Å²) in [6.07, 6.45) is 3.69. The Hall–Kier alpha value is -2.33. The molecule has 1 atom stereocenters. The van der Waals surface area contributed by atoms with Gasteiger partial charge in [-0.15, -0.1) is 0 Å². The molecule has 0 aromatic heterocycles.